The molecule has 0 heterocycles. The topological polar surface area (TPSA) is 35.2 Å². The number of nitrogens with two attached hydrogens (primary N) is 1. The lowest BCUT2D eigenvalue weighted by Crippen LogP contribution is -2.14. The van der Waals surface area contributed by atoms with Gasteiger partial charge in [-0.05, 0) is 31.7 Å². The summed E-state index contributed by atoms with van der Waals surface area (Å²) in [5.41, 5.74) is 5.64. The molecule has 0 bridgehead atoms. The van der Waals surface area contributed by atoms with Crippen molar-refractivity contribution in [2.24, 2.45) is 11.7 Å². The van der Waals surface area contributed by atoms with Gasteiger partial charge in [0.05, 0.1) is 0 Å². The van der Waals surface area contributed by atoms with Gasteiger partial charge in [-0.25, -0.2) is 0 Å². The van der Waals surface area contributed by atoms with Gasteiger partial charge in [-0.3, -0.25) is 0 Å². The van der Waals surface area contributed by atoms with E-state index >= 15 is 0 Å². The molecule has 0 aromatic heterocycles. The SMILES string of the molecule is CCCC(CN)CCCCOC. The van der Waals surface area contributed by atoms with Crippen molar-refractivity contribution in [1.29, 1.82) is 0 Å². The van der Waals surface area contributed by atoms with Crippen molar-refractivity contribution < 1.29 is 4.74 Å². The molecular formula is C10H23NO. The first-order valence-corrected chi connectivity index (χ1v) is 5.04. The van der Waals surface area contributed by atoms with E-state index in [1.807, 2.05) is 0 Å². The van der Waals surface area contributed by atoms with Crippen LogP contribution < -0.4 is 5.73 Å². The first kappa shape index (κ1) is 11.9. The van der Waals surface area contributed by atoms with E-state index in [2.05, 4.69) is 6.92 Å². The fourth-order valence-corrected chi connectivity index (χ4v) is 1.47. The number of ether oxygens (including phenoxy) is 1. The van der Waals surface area contributed by atoms with E-state index in [0.717, 1.165) is 19.1 Å². The molecule has 1 atom stereocenters. The quantitative estimate of drug-likeness (QED) is 0.571. The van der Waals surface area contributed by atoms with Gasteiger partial charge in [-0.15, -0.1) is 0 Å². The highest BCUT2D eigenvalue weighted by Crippen LogP contribution is 2.12. The zero-order valence-electron chi connectivity index (χ0n) is 8.51. The first-order valence-electron chi connectivity index (χ1n) is 5.04. The van der Waals surface area contributed by atoms with Gasteiger partial charge >= 0.3 is 0 Å². The van der Waals surface area contributed by atoms with Crippen molar-refractivity contribution in [1.82, 2.24) is 0 Å². The largest absolute Gasteiger partial charge is 0.385 e. The fourth-order valence-electron chi connectivity index (χ4n) is 1.47. The zero-order chi connectivity index (χ0) is 9.23. The second kappa shape index (κ2) is 9.01. The van der Waals surface area contributed by atoms with Crippen molar-refractivity contribution in [2.75, 3.05) is 20.3 Å². The van der Waals surface area contributed by atoms with Crippen LogP contribution in [-0.4, -0.2) is 20.3 Å². The Labute approximate surface area is 76.5 Å². The normalized spacial score (nSPS) is 13.2. The Morgan fingerprint density at radius 3 is 2.50 bits per heavy atom. The van der Waals surface area contributed by atoms with Crippen LogP contribution in [0, 0.1) is 5.92 Å². The zero-order valence-corrected chi connectivity index (χ0v) is 8.51. The van der Waals surface area contributed by atoms with E-state index < -0.39 is 0 Å². The monoisotopic (exact) mass is 173 g/mol. The lowest BCUT2D eigenvalue weighted by molar-refractivity contribution is 0.190. The highest BCUT2D eigenvalue weighted by atomic mass is 16.5. The molecule has 2 N–H and O–H groups in total. The Balaban J connectivity index is 3.19. The van der Waals surface area contributed by atoms with Gasteiger partial charge in [-0.2, -0.15) is 0 Å². The maximum atomic E-state index is 5.64. The van der Waals surface area contributed by atoms with E-state index in [4.69, 9.17) is 10.5 Å². The summed E-state index contributed by atoms with van der Waals surface area (Å²) < 4.78 is 4.99. The van der Waals surface area contributed by atoms with Crippen molar-refractivity contribution in [3.63, 3.8) is 0 Å². The minimum atomic E-state index is 0.742. The molecule has 0 aromatic carbocycles. The molecule has 0 saturated carbocycles. The predicted molar refractivity (Wildman–Crippen MR) is 53.2 cm³/mol. The maximum Gasteiger partial charge on any atom is 0.0462 e. The highest BCUT2D eigenvalue weighted by molar-refractivity contribution is 4.59. The number of methoxy groups -OCH3 is 1. The van der Waals surface area contributed by atoms with Crippen LogP contribution in [0.25, 0.3) is 0 Å². The van der Waals surface area contributed by atoms with Gasteiger partial charge in [0, 0.05) is 13.7 Å². The van der Waals surface area contributed by atoms with Gasteiger partial charge in [0.1, 0.15) is 0 Å². The summed E-state index contributed by atoms with van der Waals surface area (Å²) in [4.78, 5) is 0. The Morgan fingerprint density at radius 2 is 2.00 bits per heavy atom. The molecule has 2 heteroatoms. The average Bonchev–Trinajstić information content (AvgIpc) is 2.10. The molecule has 0 fully saturated rings. The third-order valence-electron chi connectivity index (χ3n) is 2.24. The summed E-state index contributed by atoms with van der Waals surface area (Å²) in [7, 11) is 1.76. The van der Waals surface area contributed by atoms with E-state index in [-0.39, 0.29) is 0 Å². The van der Waals surface area contributed by atoms with Gasteiger partial charge < -0.3 is 10.5 Å². The summed E-state index contributed by atoms with van der Waals surface area (Å²) in [6, 6.07) is 0. The summed E-state index contributed by atoms with van der Waals surface area (Å²) in [5, 5.41) is 0. The molecule has 0 radical (unpaired) electrons. The van der Waals surface area contributed by atoms with Crippen LogP contribution in [-0.2, 0) is 4.74 Å². The Hall–Kier alpha value is -0.0800. The fraction of sp³-hybridized carbons (Fsp3) is 1.00. The molecule has 12 heavy (non-hydrogen) atoms. The molecule has 0 amide bonds. The van der Waals surface area contributed by atoms with Crippen LogP contribution in [0.3, 0.4) is 0 Å². The minimum absolute atomic E-state index is 0.742. The maximum absolute atomic E-state index is 5.64. The Morgan fingerprint density at radius 1 is 1.25 bits per heavy atom. The Kier molecular flexibility index (Phi) is 8.95. The highest BCUT2D eigenvalue weighted by Gasteiger charge is 2.03. The summed E-state index contributed by atoms with van der Waals surface area (Å²) >= 11 is 0. The molecule has 0 aliphatic heterocycles. The Bertz CT molecular complexity index is 85.9. The second-order valence-electron chi connectivity index (χ2n) is 3.38. The number of rotatable bonds is 8. The average molecular weight is 173 g/mol. The summed E-state index contributed by atoms with van der Waals surface area (Å²) in [5.74, 6) is 0.742. The molecule has 74 valence electrons. The van der Waals surface area contributed by atoms with Crippen LogP contribution in [0.5, 0.6) is 0 Å². The second-order valence-corrected chi connectivity index (χ2v) is 3.38. The molecule has 0 spiro atoms. The van der Waals surface area contributed by atoms with E-state index in [9.17, 15) is 0 Å². The number of unbranched alkanes of at least 4 members (excludes halogenated alkanes) is 1. The van der Waals surface area contributed by atoms with Crippen LogP contribution >= 0.6 is 0 Å². The van der Waals surface area contributed by atoms with Crippen molar-refractivity contribution in [3.05, 3.63) is 0 Å². The van der Waals surface area contributed by atoms with Gasteiger partial charge in [0.15, 0.2) is 0 Å². The molecule has 0 aliphatic carbocycles. The molecule has 0 aliphatic rings. The molecular weight excluding hydrogens is 150 g/mol. The van der Waals surface area contributed by atoms with Crippen molar-refractivity contribution in [2.45, 2.75) is 39.0 Å². The predicted octanol–water partition coefficient (Wildman–Crippen LogP) is 2.18. The number of hydrogen-bond acceptors (Lipinski definition) is 2. The van der Waals surface area contributed by atoms with Crippen LogP contribution in [0.4, 0.5) is 0 Å². The van der Waals surface area contributed by atoms with E-state index in [0.29, 0.717) is 0 Å². The minimum Gasteiger partial charge on any atom is -0.385 e. The van der Waals surface area contributed by atoms with Crippen LogP contribution in [0.1, 0.15) is 39.0 Å². The molecule has 2 nitrogen and oxygen atoms in total. The molecule has 0 rings (SSSR count). The molecule has 0 aromatic rings. The third kappa shape index (κ3) is 6.62. The molecule has 1 unspecified atom stereocenters. The standard InChI is InChI=1S/C10H23NO/c1-3-6-10(9-11)7-4-5-8-12-2/h10H,3-9,11H2,1-2H3. The molecule has 0 saturated heterocycles. The third-order valence-corrected chi connectivity index (χ3v) is 2.24. The smallest absolute Gasteiger partial charge is 0.0462 e. The van der Waals surface area contributed by atoms with Gasteiger partial charge in [-0.1, -0.05) is 19.8 Å². The first-order chi connectivity index (χ1) is 5.85. The van der Waals surface area contributed by atoms with Crippen LogP contribution in [0.15, 0.2) is 0 Å². The van der Waals surface area contributed by atoms with E-state index in [1.165, 1.54) is 32.1 Å². The van der Waals surface area contributed by atoms with E-state index in [1.54, 1.807) is 7.11 Å². The van der Waals surface area contributed by atoms with Gasteiger partial charge in [0.25, 0.3) is 0 Å². The van der Waals surface area contributed by atoms with Gasteiger partial charge in [0.2, 0.25) is 0 Å². The van der Waals surface area contributed by atoms with Crippen molar-refractivity contribution >= 4 is 0 Å². The van der Waals surface area contributed by atoms with Crippen LogP contribution in [0.2, 0.25) is 0 Å². The number of hydrogen-bond donors (Lipinski definition) is 1. The lowest BCUT2D eigenvalue weighted by Gasteiger charge is -2.12. The summed E-state index contributed by atoms with van der Waals surface area (Å²) in [6.07, 6.45) is 6.25. The summed E-state index contributed by atoms with van der Waals surface area (Å²) in [6.45, 7) is 3.96. The lowest BCUT2D eigenvalue weighted by atomic mass is 9.97. The van der Waals surface area contributed by atoms with Crippen molar-refractivity contribution in [3.8, 4) is 0 Å².